The number of amides is 1. The number of aryl methyl sites for hydroxylation is 1. The average molecular weight is 289 g/mol. The van der Waals surface area contributed by atoms with E-state index in [9.17, 15) is 9.18 Å². The van der Waals surface area contributed by atoms with Gasteiger partial charge in [-0.15, -0.1) is 11.8 Å². The lowest BCUT2D eigenvalue weighted by Gasteiger charge is -2.07. The van der Waals surface area contributed by atoms with Gasteiger partial charge in [0.05, 0.1) is 5.75 Å². The Morgan fingerprint density at radius 1 is 1.15 bits per heavy atom. The molecule has 2 aromatic rings. The molecule has 2 nitrogen and oxygen atoms in total. The Morgan fingerprint density at radius 2 is 1.85 bits per heavy atom. The highest BCUT2D eigenvalue weighted by molar-refractivity contribution is 8.00. The molecule has 1 amide bonds. The first-order valence-corrected chi connectivity index (χ1v) is 7.33. The maximum atomic E-state index is 12.7. The first-order chi connectivity index (χ1) is 9.65. The van der Waals surface area contributed by atoms with Crippen LogP contribution in [-0.2, 0) is 11.3 Å². The predicted octanol–water partition coefficient (Wildman–Crippen LogP) is 3.54. The summed E-state index contributed by atoms with van der Waals surface area (Å²) in [4.78, 5) is 12.6. The van der Waals surface area contributed by atoms with Gasteiger partial charge in [-0.25, -0.2) is 4.39 Å². The summed E-state index contributed by atoms with van der Waals surface area (Å²) in [5.41, 5.74) is 2.28. The Labute approximate surface area is 122 Å². The van der Waals surface area contributed by atoms with E-state index >= 15 is 0 Å². The molecular formula is C16H16FNOS. The van der Waals surface area contributed by atoms with Gasteiger partial charge in [0.15, 0.2) is 0 Å². The minimum Gasteiger partial charge on any atom is -0.351 e. The summed E-state index contributed by atoms with van der Waals surface area (Å²) >= 11 is 1.40. The normalized spacial score (nSPS) is 10.3. The van der Waals surface area contributed by atoms with Crippen molar-refractivity contribution >= 4 is 17.7 Å². The zero-order valence-electron chi connectivity index (χ0n) is 11.2. The van der Waals surface area contributed by atoms with Crippen molar-refractivity contribution in [3.8, 4) is 0 Å². The van der Waals surface area contributed by atoms with Crippen molar-refractivity contribution in [2.24, 2.45) is 0 Å². The number of hydrogen-bond acceptors (Lipinski definition) is 2. The second-order valence-electron chi connectivity index (χ2n) is 4.45. The lowest BCUT2D eigenvalue weighted by atomic mass is 10.1. The van der Waals surface area contributed by atoms with Crippen molar-refractivity contribution in [1.29, 1.82) is 0 Å². The minimum absolute atomic E-state index is 0.0254. The Kier molecular flexibility index (Phi) is 5.18. The first kappa shape index (κ1) is 14.6. The molecule has 0 bridgehead atoms. The van der Waals surface area contributed by atoms with E-state index in [1.807, 2.05) is 31.2 Å². The molecule has 20 heavy (non-hydrogen) atoms. The van der Waals surface area contributed by atoms with Gasteiger partial charge in [-0.2, -0.15) is 0 Å². The van der Waals surface area contributed by atoms with Gasteiger partial charge in [0.1, 0.15) is 5.82 Å². The highest BCUT2D eigenvalue weighted by atomic mass is 32.2. The molecule has 0 aliphatic rings. The fourth-order valence-corrected chi connectivity index (χ4v) is 2.46. The molecule has 0 saturated carbocycles. The third kappa shape index (κ3) is 4.38. The number of carbonyl (C=O) groups excluding carboxylic acids is 1. The summed E-state index contributed by atoms with van der Waals surface area (Å²) in [5.74, 6) is 0.0401. The largest absolute Gasteiger partial charge is 0.351 e. The van der Waals surface area contributed by atoms with Crippen molar-refractivity contribution in [1.82, 2.24) is 5.32 Å². The third-order valence-corrected chi connectivity index (χ3v) is 3.93. The summed E-state index contributed by atoms with van der Waals surface area (Å²) in [5, 5.41) is 2.89. The van der Waals surface area contributed by atoms with E-state index in [1.54, 1.807) is 12.1 Å². The second kappa shape index (κ2) is 7.10. The van der Waals surface area contributed by atoms with E-state index in [0.29, 0.717) is 12.3 Å². The molecule has 0 unspecified atom stereocenters. The van der Waals surface area contributed by atoms with E-state index in [-0.39, 0.29) is 11.7 Å². The first-order valence-electron chi connectivity index (χ1n) is 6.35. The van der Waals surface area contributed by atoms with Crippen LogP contribution in [0.15, 0.2) is 53.4 Å². The molecule has 2 aromatic carbocycles. The standard InChI is InChI=1S/C16H16FNOS/c1-12-4-2-3-5-13(12)10-18-16(19)11-20-15-8-6-14(17)7-9-15/h2-9H,10-11H2,1H3,(H,18,19). The van der Waals surface area contributed by atoms with Crippen molar-refractivity contribution in [3.63, 3.8) is 0 Å². The smallest absolute Gasteiger partial charge is 0.230 e. The molecule has 104 valence electrons. The predicted molar refractivity (Wildman–Crippen MR) is 80.1 cm³/mol. The van der Waals surface area contributed by atoms with Crippen LogP contribution < -0.4 is 5.32 Å². The number of halogens is 1. The van der Waals surface area contributed by atoms with Crippen molar-refractivity contribution in [2.45, 2.75) is 18.4 Å². The maximum absolute atomic E-state index is 12.7. The lowest BCUT2D eigenvalue weighted by molar-refractivity contribution is -0.118. The Bertz CT molecular complexity index is 583. The Balaban J connectivity index is 1.78. The topological polar surface area (TPSA) is 29.1 Å². The van der Waals surface area contributed by atoms with Gasteiger partial charge in [0.25, 0.3) is 0 Å². The molecule has 0 spiro atoms. The Morgan fingerprint density at radius 3 is 2.55 bits per heavy atom. The summed E-state index contributed by atoms with van der Waals surface area (Å²) in [6.45, 7) is 2.56. The molecule has 0 fully saturated rings. The van der Waals surface area contributed by atoms with Gasteiger partial charge in [0, 0.05) is 11.4 Å². The second-order valence-corrected chi connectivity index (χ2v) is 5.49. The van der Waals surface area contributed by atoms with Crippen LogP contribution in [0.25, 0.3) is 0 Å². The highest BCUT2D eigenvalue weighted by Gasteiger charge is 2.04. The van der Waals surface area contributed by atoms with Gasteiger partial charge in [0.2, 0.25) is 5.91 Å². The number of rotatable bonds is 5. The maximum Gasteiger partial charge on any atom is 0.230 e. The molecular weight excluding hydrogens is 273 g/mol. The van der Waals surface area contributed by atoms with E-state index in [4.69, 9.17) is 0 Å². The molecule has 4 heteroatoms. The quantitative estimate of drug-likeness (QED) is 0.853. The molecule has 0 aromatic heterocycles. The number of carbonyl (C=O) groups is 1. The molecule has 0 atom stereocenters. The van der Waals surface area contributed by atoms with E-state index in [2.05, 4.69) is 5.32 Å². The molecule has 0 radical (unpaired) electrons. The van der Waals surface area contributed by atoms with Crippen LogP contribution in [0.2, 0.25) is 0 Å². The Hall–Kier alpha value is -1.81. The van der Waals surface area contributed by atoms with Gasteiger partial charge in [-0.1, -0.05) is 24.3 Å². The monoisotopic (exact) mass is 289 g/mol. The zero-order chi connectivity index (χ0) is 14.4. The van der Waals surface area contributed by atoms with Crippen LogP contribution in [0, 0.1) is 12.7 Å². The molecule has 0 aliphatic heterocycles. The van der Waals surface area contributed by atoms with Gasteiger partial charge >= 0.3 is 0 Å². The van der Waals surface area contributed by atoms with Crippen LogP contribution in [-0.4, -0.2) is 11.7 Å². The van der Waals surface area contributed by atoms with Crippen molar-refractivity contribution < 1.29 is 9.18 Å². The number of benzene rings is 2. The lowest BCUT2D eigenvalue weighted by Crippen LogP contribution is -2.24. The SMILES string of the molecule is Cc1ccccc1CNC(=O)CSc1ccc(F)cc1. The van der Waals surface area contributed by atoms with Crippen LogP contribution in [0.4, 0.5) is 4.39 Å². The van der Waals surface area contributed by atoms with Gasteiger partial charge in [-0.3, -0.25) is 4.79 Å². The van der Waals surface area contributed by atoms with Crippen LogP contribution in [0.1, 0.15) is 11.1 Å². The molecule has 0 heterocycles. The van der Waals surface area contributed by atoms with Gasteiger partial charge in [-0.05, 0) is 42.3 Å². The van der Waals surface area contributed by atoms with Crippen LogP contribution in [0.5, 0.6) is 0 Å². The van der Waals surface area contributed by atoms with Crippen molar-refractivity contribution in [2.75, 3.05) is 5.75 Å². The zero-order valence-corrected chi connectivity index (χ0v) is 12.0. The number of thioether (sulfide) groups is 1. The number of nitrogens with one attached hydrogen (secondary N) is 1. The third-order valence-electron chi connectivity index (χ3n) is 2.92. The summed E-state index contributed by atoms with van der Waals surface area (Å²) in [7, 11) is 0. The van der Waals surface area contributed by atoms with Gasteiger partial charge < -0.3 is 5.32 Å². The number of hydrogen-bond donors (Lipinski definition) is 1. The molecule has 1 N–H and O–H groups in total. The highest BCUT2D eigenvalue weighted by Crippen LogP contribution is 2.17. The van der Waals surface area contributed by atoms with Crippen LogP contribution >= 0.6 is 11.8 Å². The fraction of sp³-hybridized carbons (Fsp3) is 0.188. The minimum atomic E-state index is -0.265. The van der Waals surface area contributed by atoms with E-state index in [0.717, 1.165) is 10.5 Å². The summed E-state index contributed by atoms with van der Waals surface area (Å²) in [6.07, 6.45) is 0. The average Bonchev–Trinajstić information content (AvgIpc) is 2.46. The van der Waals surface area contributed by atoms with Crippen LogP contribution in [0.3, 0.4) is 0 Å². The van der Waals surface area contributed by atoms with E-state index in [1.165, 1.54) is 29.5 Å². The molecule has 0 saturated heterocycles. The summed E-state index contributed by atoms with van der Waals surface area (Å²) < 4.78 is 12.7. The summed E-state index contributed by atoms with van der Waals surface area (Å²) in [6, 6.07) is 14.1. The van der Waals surface area contributed by atoms with Crippen molar-refractivity contribution in [3.05, 3.63) is 65.5 Å². The fourth-order valence-electron chi connectivity index (χ4n) is 1.73. The molecule has 2 rings (SSSR count). The molecule has 0 aliphatic carbocycles. The van der Waals surface area contributed by atoms with E-state index < -0.39 is 0 Å².